The second-order valence-electron chi connectivity index (χ2n) is 3.84. The van der Waals surface area contributed by atoms with Gasteiger partial charge in [0.1, 0.15) is 5.92 Å². The van der Waals surface area contributed by atoms with Crippen LogP contribution in [0.1, 0.15) is 11.5 Å². The molecule has 0 radical (unpaired) electrons. The van der Waals surface area contributed by atoms with Crippen LogP contribution in [-0.4, -0.2) is 16.8 Å². The molecule has 1 aromatic heterocycles. The molecule has 6 heteroatoms. The van der Waals surface area contributed by atoms with Gasteiger partial charge in [0.05, 0.1) is 0 Å². The predicted molar refractivity (Wildman–Crippen MR) is 68.6 cm³/mol. The Morgan fingerprint density at radius 2 is 2.22 bits per heavy atom. The van der Waals surface area contributed by atoms with Crippen molar-refractivity contribution in [3.8, 4) is 0 Å². The summed E-state index contributed by atoms with van der Waals surface area (Å²) in [5.41, 5.74) is 1.40. The molecule has 0 aliphatic carbocycles. The van der Waals surface area contributed by atoms with Crippen molar-refractivity contribution >= 4 is 34.0 Å². The first-order chi connectivity index (χ1) is 8.75. The van der Waals surface area contributed by atoms with Gasteiger partial charge in [-0.2, -0.15) is 0 Å². The zero-order chi connectivity index (χ0) is 12.5. The first-order valence-electron chi connectivity index (χ1n) is 5.36. The number of amides is 2. The number of nitrogens with one attached hydrogen (secondary N) is 2. The van der Waals surface area contributed by atoms with Gasteiger partial charge in [-0.1, -0.05) is 18.2 Å². The molecule has 2 amide bonds. The lowest BCUT2D eigenvalue weighted by molar-refractivity contribution is -0.125. The number of anilines is 2. The zero-order valence-corrected chi connectivity index (χ0v) is 10.0. The van der Waals surface area contributed by atoms with Crippen LogP contribution in [0.3, 0.4) is 0 Å². The summed E-state index contributed by atoms with van der Waals surface area (Å²) in [6, 6.07) is 7.19. The number of rotatable bonds is 2. The summed E-state index contributed by atoms with van der Waals surface area (Å²) < 4.78 is 0. The molecule has 1 aliphatic rings. The summed E-state index contributed by atoms with van der Waals surface area (Å²) in [4.78, 5) is 27.9. The monoisotopic (exact) mass is 259 g/mol. The Kier molecular flexibility index (Phi) is 2.56. The number of hydrogen-bond donors (Lipinski definition) is 2. The minimum absolute atomic E-state index is 0.301. The first kappa shape index (κ1) is 10.9. The molecule has 1 atom stereocenters. The summed E-state index contributed by atoms with van der Waals surface area (Å²) in [5, 5.41) is 7.59. The summed E-state index contributed by atoms with van der Waals surface area (Å²) in [6.07, 6.45) is 1.60. The van der Waals surface area contributed by atoms with Crippen molar-refractivity contribution < 1.29 is 9.59 Å². The highest BCUT2D eigenvalue weighted by molar-refractivity contribution is 7.13. The summed E-state index contributed by atoms with van der Waals surface area (Å²) in [6.45, 7) is 0. The van der Waals surface area contributed by atoms with E-state index in [0.717, 1.165) is 0 Å². The Hall–Kier alpha value is -2.21. The number of thiazole rings is 1. The smallest absolute Gasteiger partial charge is 0.243 e. The average Bonchev–Trinajstić information content (AvgIpc) is 2.94. The molecule has 90 valence electrons. The van der Waals surface area contributed by atoms with Crippen molar-refractivity contribution in [2.45, 2.75) is 5.92 Å². The Bertz CT molecular complexity index is 610. The lowest BCUT2D eigenvalue weighted by Gasteiger charge is -2.07. The Morgan fingerprint density at radius 1 is 1.39 bits per heavy atom. The third-order valence-corrected chi connectivity index (χ3v) is 3.41. The van der Waals surface area contributed by atoms with Gasteiger partial charge in [-0.25, -0.2) is 4.98 Å². The molecule has 2 N–H and O–H groups in total. The van der Waals surface area contributed by atoms with Crippen LogP contribution >= 0.6 is 11.3 Å². The van der Waals surface area contributed by atoms with Crippen LogP contribution in [0.2, 0.25) is 0 Å². The van der Waals surface area contributed by atoms with Gasteiger partial charge < -0.3 is 10.6 Å². The molecule has 0 spiro atoms. The van der Waals surface area contributed by atoms with Gasteiger partial charge in [-0.15, -0.1) is 11.3 Å². The maximum absolute atomic E-state index is 12.1. The summed E-state index contributed by atoms with van der Waals surface area (Å²) in [5.74, 6) is -1.46. The van der Waals surface area contributed by atoms with E-state index in [-0.39, 0.29) is 11.8 Å². The number of carbonyl (C=O) groups excluding carboxylic acids is 2. The lowest BCUT2D eigenvalue weighted by Crippen LogP contribution is -2.26. The molecule has 0 bridgehead atoms. The zero-order valence-electron chi connectivity index (χ0n) is 9.21. The van der Waals surface area contributed by atoms with Gasteiger partial charge in [0.25, 0.3) is 0 Å². The average molecular weight is 259 g/mol. The number of nitrogens with zero attached hydrogens (tertiary/aromatic N) is 1. The van der Waals surface area contributed by atoms with Crippen molar-refractivity contribution in [2.24, 2.45) is 0 Å². The van der Waals surface area contributed by atoms with Crippen molar-refractivity contribution in [1.82, 2.24) is 4.98 Å². The third kappa shape index (κ3) is 1.76. The van der Waals surface area contributed by atoms with E-state index in [2.05, 4.69) is 15.6 Å². The molecule has 2 heterocycles. The second kappa shape index (κ2) is 4.23. The SMILES string of the molecule is O=C(Nc1nccs1)C1C(=O)Nc2ccccc21. The molecule has 0 saturated carbocycles. The predicted octanol–water partition coefficient (Wildman–Crippen LogP) is 1.82. The number of fused-ring (bicyclic) bond motifs is 1. The molecule has 5 nitrogen and oxygen atoms in total. The van der Waals surface area contributed by atoms with Crippen molar-refractivity contribution in [1.29, 1.82) is 0 Å². The van der Waals surface area contributed by atoms with Crippen molar-refractivity contribution in [3.63, 3.8) is 0 Å². The van der Waals surface area contributed by atoms with Crippen LogP contribution in [0.25, 0.3) is 0 Å². The van der Waals surface area contributed by atoms with Crippen LogP contribution in [0.5, 0.6) is 0 Å². The van der Waals surface area contributed by atoms with Crippen LogP contribution in [-0.2, 0) is 9.59 Å². The Morgan fingerprint density at radius 3 is 3.00 bits per heavy atom. The number of para-hydroxylation sites is 1. The van der Waals surface area contributed by atoms with Gasteiger partial charge >= 0.3 is 0 Å². The highest BCUT2D eigenvalue weighted by Gasteiger charge is 2.36. The van der Waals surface area contributed by atoms with Gasteiger partial charge in [-0.05, 0) is 11.6 Å². The lowest BCUT2D eigenvalue weighted by atomic mass is 10.0. The minimum atomic E-state index is -0.801. The summed E-state index contributed by atoms with van der Waals surface area (Å²) >= 11 is 1.32. The number of hydrogen-bond acceptors (Lipinski definition) is 4. The Labute approximate surface area is 107 Å². The van der Waals surface area contributed by atoms with Gasteiger partial charge in [0.2, 0.25) is 11.8 Å². The second-order valence-corrected chi connectivity index (χ2v) is 4.73. The molecule has 0 fully saturated rings. The van der Waals surface area contributed by atoms with E-state index < -0.39 is 5.92 Å². The quantitative estimate of drug-likeness (QED) is 0.808. The Balaban J connectivity index is 1.88. The molecule has 2 aromatic rings. The van der Waals surface area contributed by atoms with Crippen molar-refractivity contribution in [3.05, 3.63) is 41.4 Å². The maximum atomic E-state index is 12.1. The standard InChI is InChI=1S/C12H9N3O2S/c16-10-9(7-3-1-2-4-8(7)14-10)11(17)15-12-13-5-6-18-12/h1-6,9H,(H,14,16)(H,13,15,17). The molecule has 3 rings (SSSR count). The molecular weight excluding hydrogens is 250 g/mol. The van der Waals surface area contributed by atoms with Gasteiger partial charge in [0.15, 0.2) is 5.13 Å². The number of carbonyl (C=O) groups is 2. The highest BCUT2D eigenvalue weighted by atomic mass is 32.1. The fourth-order valence-electron chi connectivity index (χ4n) is 1.93. The van der Waals surface area contributed by atoms with Crippen LogP contribution < -0.4 is 10.6 Å². The van der Waals surface area contributed by atoms with E-state index in [1.54, 1.807) is 23.7 Å². The van der Waals surface area contributed by atoms with E-state index >= 15 is 0 Å². The third-order valence-electron chi connectivity index (χ3n) is 2.72. The van der Waals surface area contributed by atoms with E-state index in [1.165, 1.54) is 11.3 Å². The minimum Gasteiger partial charge on any atom is -0.325 e. The van der Waals surface area contributed by atoms with Crippen LogP contribution in [0, 0.1) is 0 Å². The normalized spacial score (nSPS) is 17.1. The highest BCUT2D eigenvalue weighted by Crippen LogP contribution is 2.32. The molecule has 18 heavy (non-hydrogen) atoms. The van der Waals surface area contributed by atoms with E-state index in [1.807, 2.05) is 12.1 Å². The summed E-state index contributed by atoms with van der Waals surface area (Å²) in [7, 11) is 0. The molecule has 1 aromatic carbocycles. The number of aromatic nitrogens is 1. The largest absolute Gasteiger partial charge is 0.325 e. The molecule has 0 saturated heterocycles. The number of benzene rings is 1. The van der Waals surface area contributed by atoms with Gasteiger partial charge in [-0.3, -0.25) is 9.59 Å². The fourth-order valence-corrected chi connectivity index (χ4v) is 2.46. The molecule has 1 unspecified atom stereocenters. The van der Waals surface area contributed by atoms with Crippen LogP contribution in [0.4, 0.5) is 10.8 Å². The fraction of sp³-hybridized carbons (Fsp3) is 0.0833. The molecule has 1 aliphatic heterocycles. The van der Waals surface area contributed by atoms with Crippen molar-refractivity contribution in [2.75, 3.05) is 10.6 Å². The van der Waals surface area contributed by atoms with Gasteiger partial charge in [0, 0.05) is 17.3 Å². The molecular formula is C12H9N3O2S. The van der Waals surface area contributed by atoms with E-state index in [4.69, 9.17) is 0 Å². The maximum Gasteiger partial charge on any atom is 0.243 e. The van der Waals surface area contributed by atoms with E-state index in [0.29, 0.717) is 16.4 Å². The topological polar surface area (TPSA) is 71.1 Å². The van der Waals surface area contributed by atoms with Crippen LogP contribution in [0.15, 0.2) is 35.8 Å². The first-order valence-corrected chi connectivity index (χ1v) is 6.24. The van der Waals surface area contributed by atoms with E-state index in [9.17, 15) is 9.59 Å².